The van der Waals surface area contributed by atoms with E-state index in [1.54, 1.807) is 36.5 Å². The van der Waals surface area contributed by atoms with Crippen LogP contribution in [-0.2, 0) is 25.6 Å². The molecule has 0 amide bonds. The van der Waals surface area contributed by atoms with E-state index >= 15 is 0 Å². The van der Waals surface area contributed by atoms with E-state index in [0.29, 0.717) is 16.4 Å². The minimum absolute atomic E-state index is 0.0489. The Morgan fingerprint density at radius 1 is 1.16 bits per heavy atom. The Kier molecular flexibility index (Phi) is 6.87. The third-order valence-corrected chi connectivity index (χ3v) is 5.17. The van der Waals surface area contributed by atoms with Gasteiger partial charge in [0.2, 0.25) is 0 Å². The molecule has 1 aliphatic heterocycles. The van der Waals surface area contributed by atoms with Gasteiger partial charge in [0.25, 0.3) is 0 Å². The summed E-state index contributed by atoms with van der Waals surface area (Å²) in [5.74, 6) is -0.866. The van der Waals surface area contributed by atoms with Gasteiger partial charge in [0.15, 0.2) is 18.6 Å². The predicted octanol–water partition coefficient (Wildman–Crippen LogP) is 3.40. The Morgan fingerprint density at radius 3 is 2.56 bits per heavy atom. The number of esters is 1. The second-order valence-corrected chi connectivity index (χ2v) is 7.62. The number of hydrogen-bond acceptors (Lipinski definition) is 8. The molecule has 168 valence electrons. The lowest BCUT2D eigenvalue weighted by Crippen LogP contribution is -2.51. The van der Waals surface area contributed by atoms with Gasteiger partial charge in [-0.1, -0.05) is 40.5 Å². The number of anilines is 1. The minimum atomic E-state index is -0.791. The summed E-state index contributed by atoms with van der Waals surface area (Å²) in [6.07, 6.45) is 1.79. The Morgan fingerprint density at radius 2 is 1.94 bits per heavy atom. The summed E-state index contributed by atoms with van der Waals surface area (Å²) in [4.78, 5) is 24.0. The van der Waals surface area contributed by atoms with E-state index in [-0.39, 0.29) is 30.9 Å². The lowest BCUT2D eigenvalue weighted by Gasteiger charge is -2.37. The number of nitrogens with zero attached hydrogens (tertiary/aromatic N) is 5. The molecule has 1 aliphatic rings. The number of aromatic nitrogens is 3. The number of ether oxygens (including phenoxy) is 1. The zero-order valence-electron chi connectivity index (χ0n) is 16.8. The molecule has 2 aromatic carbocycles. The van der Waals surface area contributed by atoms with Gasteiger partial charge in [-0.25, -0.2) is 14.1 Å². The Hall–Kier alpha value is -2.76. The second kappa shape index (κ2) is 9.80. The summed E-state index contributed by atoms with van der Waals surface area (Å²) in [7, 11) is 1.29. The fourth-order valence-electron chi connectivity index (χ4n) is 3.18. The highest BCUT2D eigenvalue weighted by atomic mass is 35.5. The molecule has 4 rings (SSSR count). The molecule has 0 N–H and O–H groups in total. The van der Waals surface area contributed by atoms with E-state index in [0.717, 1.165) is 5.56 Å². The number of halogens is 3. The van der Waals surface area contributed by atoms with Crippen molar-refractivity contribution in [2.45, 2.75) is 12.5 Å². The fourth-order valence-corrected chi connectivity index (χ4v) is 3.47. The molecule has 9 nitrogen and oxygen atoms in total. The largest absolute Gasteiger partial charge is 0.468 e. The average Bonchev–Trinajstić information content (AvgIpc) is 3.24. The fraction of sp³-hybridized carbons (Fsp3) is 0.250. The van der Waals surface area contributed by atoms with Crippen molar-refractivity contribution in [1.29, 1.82) is 0 Å². The standard InChI is InChI=1S/C20H18Cl2FN5O4/c1-30-20(29)18(8-13-2-5-15(23)6-3-13)28-12-31-27(11-32-28)17-9-14(21)4-7-16(17)26-10-19(22)24-25-26/h2-7,9-10,18H,8,11-12H2,1H3. The highest BCUT2D eigenvalue weighted by Crippen LogP contribution is 2.30. The van der Waals surface area contributed by atoms with Crippen LogP contribution in [0.3, 0.4) is 0 Å². The normalized spacial score (nSPS) is 15.6. The van der Waals surface area contributed by atoms with Crippen LogP contribution in [0.4, 0.5) is 10.1 Å². The SMILES string of the molecule is COC(=O)C(Cc1ccc(F)cc1)N1CON(c2cc(Cl)ccc2-n2cc(Cl)nn2)CO1. The van der Waals surface area contributed by atoms with E-state index in [9.17, 15) is 9.18 Å². The number of rotatable bonds is 6. The van der Waals surface area contributed by atoms with Gasteiger partial charge < -0.3 is 4.74 Å². The van der Waals surface area contributed by atoms with Crippen LogP contribution in [0, 0.1) is 5.82 Å². The topological polar surface area (TPSA) is 82.0 Å². The van der Waals surface area contributed by atoms with Crippen molar-refractivity contribution in [1.82, 2.24) is 20.1 Å². The maximum Gasteiger partial charge on any atom is 0.325 e. The zero-order valence-corrected chi connectivity index (χ0v) is 18.3. The monoisotopic (exact) mass is 481 g/mol. The molecular weight excluding hydrogens is 464 g/mol. The Bertz CT molecular complexity index is 1090. The van der Waals surface area contributed by atoms with Gasteiger partial charge in [-0.15, -0.1) is 10.2 Å². The first kappa shape index (κ1) is 22.4. The van der Waals surface area contributed by atoms with Gasteiger partial charge in [0.1, 0.15) is 11.9 Å². The molecule has 0 radical (unpaired) electrons. The zero-order chi connectivity index (χ0) is 22.7. The lowest BCUT2D eigenvalue weighted by atomic mass is 10.1. The van der Waals surface area contributed by atoms with Crippen LogP contribution in [0.25, 0.3) is 5.69 Å². The first-order chi connectivity index (χ1) is 15.4. The molecule has 1 atom stereocenters. The van der Waals surface area contributed by atoms with Gasteiger partial charge in [-0.3, -0.25) is 14.5 Å². The maximum atomic E-state index is 13.2. The molecule has 32 heavy (non-hydrogen) atoms. The van der Waals surface area contributed by atoms with Gasteiger partial charge >= 0.3 is 5.97 Å². The average molecular weight is 482 g/mol. The van der Waals surface area contributed by atoms with Gasteiger partial charge in [-0.2, -0.15) is 0 Å². The van der Waals surface area contributed by atoms with E-state index in [2.05, 4.69) is 10.3 Å². The van der Waals surface area contributed by atoms with Gasteiger partial charge in [-0.05, 0) is 35.9 Å². The number of carbonyl (C=O) groups is 1. The van der Waals surface area contributed by atoms with Gasteiger partial charge in [0, 0.05) is 11.4 Å². The van der Waals surface area contributed by atoms with Crippen molar-refractivity contribution in [3.63, 3.8) is 0 Å². The van der Waals surface area contributed by atoms with Crippen LogP contribution in [-0.4, -0.2) is 52.6 Å². The van der Waals surface area contributed by atoms with Crippen molar-refractivity contribution in [3.8, 4) is 5.69 Å². The molecule has 12 heteroatoms. The van der Waals surface area contributed by atoms with Crippen LogP contribution in [0.1, 0.15) is 5.56 Å². The Labute approximate surface area is 192 Å². The Balaban J connectivity index is 1.51. The molecule has 2 heterocycles. The summed E-state index contributed by atoms with van der Waals surface area (Å²) in [6, 6.07) is 10.2. The molecule has 1 unspecified atom stereocenters. The third kappa shape index (κ3) is 5.00. The van der Waals surface area contributed by atoms with Crippen LogP contribution in [0.15, 0.2) is 48.7 Å². The third-order valence-electron chi connectivity index (χ3n) is 4.76. The summed E-state index contributed by atoms with van der Waals surface area (Å²) in [5.41, 5.74) is 1.92. The number of carbonyl (C=O) groups excluding carboxylic acids is 1. The van der Waals surface area contributed by atoms with Crippen molar-refractivity contribution in [3.05, 3.63) is 70.2 Å². The number of methoxy groups -OCH3 is 1. The molecular formula is C20H18Cl2FN5O4. The number of hydrogen-bond donors (Lipinski definition) is 0. The maximum absolute atomic E-state index is 13.2. The van der Waals surface area contributed by atoms with Crippen molar-refractivity contribution in [2.24, 2.45) is 0 Å². The van der Waals surface area contributed by atoms with E-state index in [1.165, 1.54) is 34.1 Å². The van der Waals surface area contributed by atoms with Crippen molar-refractivity contribution >= 4 is 34.9 Å². The molecule has 0 spiro atoms. The van der Waals surface area contributed by atoms with E-state index in [1.807, 2.05) is 0 Å². The van der Waals surface area contributed by atoms with Crippen LogP contribution >= 0.6 is 23.2 Å². The first-order valence-electron chi connectivity index (χ1n) is 9.44. The van der Waals surface area contributed by atoms with Crippen molar-refractivity contribution in [2.75, 3.05) is 25.6 Å². The lowest BCUT2D eigenvalue weighted by molar-refractivity contribution is -0.282. The predicted molar refractivity (Wildman–Crippen MR) is 114 cm³/mol. The number of benzene rings is 2. The van der Waals surface area contributed by atoms with Crippen LogP contribution in [0.5, 0.6) is 0 Å². The van der Waals surface area contributed by atoms with Gasteiger partial charge in [0.05, 0.1) is 24.7 Å². The molecule has 0 saturated carbocycles. The summed E-state index contributed by atoms with van der Waals surface area (Å²) >= 11 is 12.1. The molecule has 3 aromatic rings. The molecule has 1 saturated heterocycles. The smallest absolute Gasteiger partial charge is 0.325 e. The first-order valence-corrected chi connectivity index (χ1v) is 10.2. The molecule has 0 aliphatic carbocycles. The highest BCUT2D eigenvalue weighted by molar-refractivity contribution is 6.31. The second-order valence-electron chi connectivity index (χ2n) is 6.80. The van der Waals surface area contributed by atoms with E-state index in [4.69, 9.17) is 37.6 Å². The summed E-state index contributed by atoms with van der Waals surface area (Å²) < 4.78 is 19.6. The van der Waals surface area contributed by atoms with Crippen molar-refractivity contribution < 1.29 is 23.6 Å². The molecule has 1 aromatic heterocycles. The molecule has 0 bridgehead atoms. The van der Waals surface area contributed by atoms with E-state index < -0.39 is 12.0 Å². The summed E-state index contributed by atoms with van der Waals surface area (Å²) in [5, 5.41) is 11.3. The minimum Gasteiger partial charge on any atom is -0.468 e. The quantitative estimate of drug-likeness (QED) is 0.495. The highest BCUT2D eigenvalue weighted by Gasteiger charge is 2.33. The van der Waals surface area contributed by atoms with Crippen LogP contribution < -0.4 is 5.06 Å². The molecule has 1 fully saturated rings. The van der Waals surface area contributed by atoms with Crippen LogP contribution in [0.2, 0.25) is 10.2 Å². The number of hydroxylamine groups is 3. The summed E-state index contributed by atoms with van der Waals surface area (Å²) in [6.45, 7) is -0.127.